The van der Waals surface area contributed by atoms with E-state index < -0.39 is 0 Å². The zero-order valence-corrected chi connectivity index (χ0v) is 15.7. The molecule has 3 aromatic rings. The van der Waals surface area contributed by atoms with Gasteiger partial charge in [0.05, 0.1) is 0 Å². The van der Waals surface area contributed by atoms with Crippen molar-refractivity contribution in [2.45, 2.75) is 31.2 Å². The van der Waals surface area contributed by atoms with E-state index in [0.29, 0.717) is 0 Å². The summed E-state index contributed by atoms with van der Waals surface area (Å²) in [5.41, 5.74) is 3.81. The second kappa shape index (κ2) is 7.07. The molecule has 0 N–H and O–H groups in total. The lowest BCUT2D eigenvalue weighted by Crippen LogP contribution is -1.96. The van der Waals surface area contributed by atoms with Crippen molar-refractivity contribution in [3.05, 3.63) is 50.7 Å². The summed E-state index contributed by atoms with van der Waals surface area (Å²) >= 11 is 9.39. The van der Waals surface area contributed by atoms with Crippen molar-refractivity contribution in [3.63, 3.8) is 0 Å². The fraction of sp³-hybridized carbons (Fsp3) is 0.294. The number of thioether (sulfide) groups is 1. The summed E-state index contributed by atoms with van der Waals surface area (Å²) in [4.78, 5) is 1.36. The monoisotopic (exact) mass is 363 g/mol. The Morgan fingerprint density at radius 2 is 1.96 bits per heavy atom. The number of nitrogens with zero attached hydrogens (tertiary/aromatic N) is 3. The first-order valence-electron chi connectivity index (χ1n) is 7.44. The molecule has 120 valence electrons. The highest BCUT2D eigenvalue weighted by atomic mass is 35.5. The van der Waals surface area contributed by atoms with Crippen molar-refractivity contribution < 1.29 is 0 Å². The molecule has 0 fully saturated rings. The molecular formula is C17H18ClN3S2. The first-order chi connectivity index (χ1) is 11.1. The standard InChI is InChI=1S/C17H18ClN3S2/c1-4-14-11(2)22-10-15(14)16-19-20-17(21(16)3)23-9-12-5-7-13(18)8-6-12/h5-8,10H,4,9H2,1-3H3. The Morgan fingerprint density at radius 1 is 1.22 bits per heavy atom. The minimum Gasteiger partial charge on any atom is -0.305 e. The molecule has 0 spiro atoms. The molecule has 0 aliphatic carbocycles. The maximum Gasteiger partial charge on any atom is 0.191 e. The summed E-state index contributed by atoms with van der Waals surface area (Å²) in [6, 6.07) is 7.93. The van der Waals surface area contributed by atoms with Crippen LogP contribution < -0.4 is 0 Å². The number of aryl methyl sites for hydroxylation is 1. The first-order valence-corrected chi connectivity index (χ1v) is 9.68. The predicted molar refractivity (Wildman–Crippen MR) is 99.4 cm³/mol. The molecule has 0 saturated heterocycles. The summed E-state index contributed by atoms with van der Waals surface area (Å²) in [5, 5.41) is 12.7. The quantitative estimate of drug-likeness (QED) is 0.571. The van der Waals surface area contributed by atoms with Crippen molar-refractivity contribution in [2.24, 2.45) is 7.05 Å². The van der Waals surface area contributed by atoms with E-state index in [0.717, 1.165) is 28.2 Å². The largest absolute Gasteiger partial charge is 0.305 e. The highest BCUT2D eigenvalue weighted by Gasteiger charge is 2.16. The van der Waals surface area contributed by atoms with Gasteiger partial charge in [0, 0.05) is 33.6 Å². The molecule has 3 rings (SSSR count). The van der Waals surface area contributed by atoms with Gasteiger partial charge >= 0.3 is 0 Å². The van der Waals surface area contributed by atoms with Gasteiger partial charge in [-0.2, -0.15) is 0 Å². The highest BCUT2D eigenvalue weighted by molar-refractivity contribution is 7.98. The Hall–Kier alpha value is -1.30. The van der Waals surface area contributed by atoms with Gasteiger partial charge in [-0.05, 0) is 36.6 Å². The van der Waals surface area contributed by atoms with Gasteiger partial charge in [0.2, 0.25) is 0 Å². The molecular weight excluding hydrogens is 346 g/mol. The second-order valence-corrected chi connectivity index (χ2v) is 7.78. The molecule has 0 aliphatic heterocycles. The maximum absolute atomic E-state index is 5.92. The molecule has 0 aliphatic rings. The highest BCUT2D eigenvalue weighted by Crippen LogP contribution is 2.32. The van der Waals surface area contributed by atoms with Gasteiger partial charge in [0.15, 0.2) is 11.0 Å². The number of hydrogen-bond donors (Lipinski definition) is 0. The lowest BCUT2D eigenvalue weighted by molar-refractivity contribution is 0.793. The fourth-order valence-corrected chi connectivity index (χ4v) is 4.44. The van der Waals surface area contributed by atoms with E-state index in [2.05, 4.69) is 34.0 Å². The molecule has 23 heavy (non-hydrogen) atoms. The Morgan fingerprint density at radius 3 is 2.65 bits per heavy atom. The molecule has 0 saturated carbocycles. The average Bonchev–Trinajstić information content (AvgIpc) is 3.09. The summed E-state index contributed by atoms with van der Waals surface area (Å²) < 4.78 is 2.08. The summed E-state index contributed by atoms with van der Waals surface area (Å²) in [6.45, 7) is 4.35. The van der Waals surface area contributed by atoms with E-state index in [1.165, 1.54) is 21.6 Å². The van der Waals surface area contributed by atoms with Gasteiger partial charge in [-0.1, -0.05) is 42.4 Å². The number of hydrogen-bond acceptors (Lipinski definition) is 4. The van der Waals surface area contributed by atoms with Gasteiger partial charge < -0.3 is 4.57 Å². The summed E-state index contributed by atoms with van der Waals surface area (Å²) in [7, 11) is 2.03. The van der Waals surface area contributed by atoms with Crippen molar-refractivity contribution in [2.75, 3.05) is 0 Å². The number of thiophene rings is 1. The van der Waals surface area contributed by atoms with Crippen molar-refractivity contribution >= 4 is 34.7 Å². The zero-order chi connectivity index (χ0) is 16.4. The predicted octanol–water partition coefficient (Wildman–Crippen LogP) is 5.36. The van der Waals surface area contributed by atoms with Crippen LogP contribution in [0.5, 0.6) is 0 Å². The lowest BCUT2D eigenvalue weighted by Gasteiger charge is -2.05. The van der Waals surface area contributed by atoms with Crippen LogP contribution in [-0.4, -0.2) is 14.8 Å². The Balaban J connectivity index is 1.80. The fourth-order valence-electron chi connectivity index (χ4n) is 2.51. The third-order valence-corrected chi connectivity index (χ3v) is 6.11. The van der Waals surface area contributed by atoms with Gasteiger partial charge in [0.1, 0.15) is 0 Å². The molecule has 0 unspecified atom stereocenters. The minimum absolute atomic E-state index is 0.764. The minimum atomic E-state index is 0.764. The van der Waals surface area contributed by atoms with Gasteiger partial charge in [-0.3, -0.25) is 0 Å². The van der Waals surface area contributed by atoms with Crippen LogP contribution in [-0.2, 0) is 19.2 Å². The van der Waals surface area contributed by atoms with Gasteiger partial charge in [-0.15, -0.1) is 21.5 Å². The molecule has 2 heterocycles. The van der Waals surface area contributed by atoms with Crippen LogP contribution in [0.15, 0.2) is 34.8 Å². The Labute approximate surface area is 149 Å². The Kier molecular flexibility index (Phi) is 5.09. The molecule has 2 aromatic heterocycles. The van der Waals surface area contributed by atoms with E-state index in [-0.39, 0.29) is 0 Å². The molecule has 6 heteroatoms. The summed E-state index contributed by atoms with van der Waals surface area (Å²) in [6.07, 6.45) is 1.02. The molecule has 0 radical (unpaired) electrons. The SMILES string of the molecule is CCc1c(-c2nnc(SCc3ccc(Cl)cc3)n2C)csc1C. The topological polar surface area (TPSA) is 30.7 Å². The second-order valence-electron chi connectivity index (χ2n) is 5.32. The van der Waals surface area contributed by atoms with Crippen molar-refractivity contribution in [1.29, 1.82) is 0 Å². The van der Waals surface area contributed by atoms with Crippen LogP contribution in [0.1, 0.15) is 22.9 Å². The van der Waals surface area contributed by atoms with E-state index >= 15 is 0 Å². The van der Waals surface area contributed by atoms with Crippen LogP contribution in [0.4, 0.5) is 0 Å². The van der Waals surface area contributed by atoms with E-state index in [9.17, 15) is 0 Å². The average molecular weight is 364 g/mol. The van der Waals surface area contributed by atoms with E-state index in [1.54, 1.807) is 23.1 Å². The van der Waals surface area contributed by atoms with Crippen LogP contribution in [0.25, 0.3) is 11.4 Å². The molecule has 1 aromatic carbocycles. The van der Waals surface area contributed by atoms with E-state index in [4.69, 9.17) is 11.6 Å². The van der Waals surface area contributed by atoms with Gasteiger partial charge in [0.25, 0.3) is 0 Å². The number of rotatable bonds is 5. The van der Waals surface area contributed by atoms with Crippen LogP contribution in [0, 0.1) is 6.92 Å². The van der Waals surface area contributed by atoms with Crippen LogP contribution >= 0.6 is 34.7 Å². The van der Waals surface area contributed by atoms with Gasteiger partial charge in [-0.25, -0.2) is 0 Å². The smallest absolute Gasteiger partial charge is 0.191 e. The maximum atomic E-state index is 5.92. The molecule has 0 bridgehead atoms. The zero-order valence-electron chi connectivity index (χ0n) is 13.3. The molecule has 3 nitrogen and oxygen atoms in total. The van der Waals surface area contributed by atoms with E-state index in [1.807, 2.05) is 31.3 Å². The number of benzene rings is 1. The number of halogens is 1. The Bertz CT molecular complexity index is 806. The molecule has 0 atom stereocenters. The molecule has 0 amide bonds. The van der Waals surface area contributed by atoms with Crippen molar-refractivity contribution in [1.82, 2.24) is 14.8 Å². The lowest BCUT2D eigenvalue weighted by atomic mass is 10.1. The first kappa shape index (κ1) is 16.6. The van der Waals surface area contributed by atoms with Crippen LogP contribution in [0.3, 0.4) is 0 Å². The summed E-state index contributed by atoms with van der Waals surface area (Å²) in [5.74, 6) is 1.80. The number of aromatic nitrogens is 3. The third kappa shape index (κ3) is 3.47. The van der Waals surface area contributed by atoms with Crippen LogP contribution in [0.2, 0.25) is 5.02 Å². The van der Waals surface area contributed by atoms with Crippen molar-refractivity contribution in [3.8, 4) is 11.4 Å². The third-order valence-electron chi connectivity index (χ3n) is 3.81. The normalized spacial score (nSPS) is 11.1.